The molecule has 0 aromatic carbocycles. The number of nitrogens with two attached hydrogens (primary N) is 1. The van der Waals surface area contributed by atoms with Crippen LogP contribution in [0.2, 0.25) is 5.02 Å². The molecule has 0 amide bonds. The Morgan fingerprint density at radius 1 is 1.35 bits per heavy atom. The fraction of sp³-hybridized carbons (Fsp3) is 0.389. The molecule has 0 aliphatic carbocycles. The molecule has 2 N–H and O–H groups in total. The van der Waals surface area contributed by atoms with E-state index in [0.717, 1.165) is 42.6 Å². The minimum atomic E-state index is 0.728. The molecule has 126 valence electrons. The summed E-state index contributed by atoms with van der Waals surface area (Å²) in [5, 5.41) is 0.728. The molecule has 0 bridgehead atoms. The quantitative estimate of drug-likeness (QED) is 0.705. The smallest absolute Gasteiger partial charge is 0.0558 e. The van der Waals surface area contributed by atoms with Crippen molar-refractivity contribution in [2.45, 2.75) is 13.5 Å². The van der Waals surface area contributed by atoms with Gasteiger partial charge in [0.25, 0.3) is 0 Å². The lowest BCUT2D eigenvalue weighted by Gasteiger charge is -2.22. The summed E-state index contributed by atoms with van der Waals surface area (Å²) >= 11 is 5.98. The number of allylic oxidation sites excluding steroid dienone is 3. The molecular weight excluding hydrogens is 308 g/mol. The molecule has 1 rings (SSSR count). The molecule has 0 aliphatic heterocycles. The Hall–Kier alpha value is -1.62. The van der Waals surface area contributed by atoms with E-state index in [9.17, 15) is 0 Å². The van der Waals surface area contributed by atoms with Gasteiger partial charge in [0.05, 0.1) is 5.69 Å². The average Bonchev–Trinajstić information content (AvgIpc) is 2.45. The van der Waals surface area contributed by atoms with Crippen LogP contribution in [0.4, 0.5) is 0 Å². The zero-order valence-corrected chi connectivity index (χ0v) is 15.1. The first-order chi connectivity index (χ1) is 10.9. The maximum Gasteiger partial charge on any atom is 0.0558 e. The Balaban J connectivity index is 2.39. The topological polar surface area (TPSA) is 45.4 Å². The second kappa shape index (κ2) is 10.2. The molecule has 1 aromatic heterocycles. The van der Waals surface area contributed by atoms with Crippen molar-refractivity contribution in [2.24, 2.45) is 5.73 Å². The van der Waals surface area contributed by atoms with E-state index in [2.05, 4.69) is 42.4 Å². The van der Waals surface area contributed by atoms with Gasteiger partial charge in [0, 0.05) is 43.1 Å². The number of aromatic nitrogens is 1. The maximum absolute atomic E-state index is 5.98. The van der Waals surface area contributed by atoms with E-state index in [-0.39, 0.29) is 0 Å². The van der Waals surface area contributed by atoms with E-state index >= 15 is 0 Å². The lowest BCUT2D eigenvalue weighted by molar-refractivity contribution is 0.260. The van der Waals surface area contributed by atoms with Crippen LogP contribution in [0.5, 0.6) is 0 Å². The minimum Gasteiger partial charge on any atom is -0.399 e. The van der Waals surface area contributed by atoms with Crippen LogP contribution in [0.15, 0.2) is 54.4 Å². The Morgan fingerprint density at radius 3 is 2.70 bits per heavy atom. The molecule has 0 fully saturated rings. The van der Waals surface area contributed by atoms with Crippen LogP contribution in [-0.4, -0.2) is 48.5 Å². The fourth-order valence-electron chi connectivity index (χ4n) is 2.25. The normalized spacial score (nSPS) is 13.0. The van der Waals surface area contributed by atoms with Gasteiger partial charge in [-0.1, -0.05) is 29.8 Å². The molecule has 23 heavy (non-hydrogen) atoms. The van der Waals surface area contributed by atoms with Crippen molar-refractivity contribution in [3.8, 4) is 0 Å². The summed E-state index contributed by atoms with van der Waals surface area (Å²) < 4.78 is 0. The van der Waals surface area contributed by atoms with E-state index in [1.165, 1.54) is 5.57 Å². The van der Waals surface area contributed by atoms with Gasteiger partial charge in [0.1, 0.15) is 0 Å². The SMILES string of the molecule is C=C/C=C(N)\C=C(/C)CN(C)CCN(C)Cc1cc(Cl)ccn1. The lowest BCUT2D eigenvalue weighted by atomic mass is 10.2. The molecule has 0 radical (unpaired) electrons. The molecule has 0 saturated heterocycles. The summed E-state index contributed by atoms with van der Waals surface area (Å²) in [4.78, 5) is 8.84. The van der Waals surface area contributed by atoms with Crippen LogP contribution in [0.3, 0.4) is 0 Å². The van der Waals surface area contributed by atoms with E-state index in [1.807, 2.05) is 12.1 Å². The monoisotopic (exact) mass is 334 g/mol. The van der Waals surface area contributed by atoms with Crippen molar-refractivity contribution in [2.75, 3.05) is 33.7 Å². The van der Waals surface area contributed by atoms with Crippen LogP contribution in [-0.2, 0) is 6.54 Å². The Labute approximate surface area is 144 Å². The highest BCUT2D eigenvalue weighted by Gasteiger charge is 2.05. The third-order valence-corrected chi connectivity index (χ3v) is 3.55. The average molecular weight is 335 g/mol. The fourth-order valence-corrected chi connectivity index (χ4v) is 2.43. The summed E-state index contributed by atoms with van der Waals surface area (Å²) in [6.45, 7) is 9.32. The van der Waals surface area contributed by atoms with Crippen LogP contribution in [0.25, 0.3) is 0 Å². The molecule has 0 aliphatic rings. The number of likely N-dealkylation sites (N-methyl/N-ethyl adjacent to an activating group) is 2. The van der Waals surface area contributed by atoms with Crippen LogP contribution >= 0.6 is 11.6 Å². The number of hydrogen-bond acceptors (Lipinski definition) is 4. The predicted octanol–water partition coefficient (Wildman–Crippen LogP) is 3.07. The van der Waals surface area contributed by atoms with Gasteiger partial charge in [-0.3, -0.25) is 9.88 Å². The van der Waals surface area contributed by atoms with Crippen LogP contribution in [0.1, 0.15) is 12.6 Å². The van der Waals surface area contributed by atoms with Crippen molar-refractivity contribution in [3.05, 3.63) is 65.1 Å². The summed E-state index contributed by atoms with van der Waals surface area (Å²) in [7, 11) is 4.19. The Kier molecular flexibility index (Phi) is 8.62. The molecule has 0 atom stereocenters. The minimum absolute atomic E-state index is 0.728. The number of hydrogen-bond donors (Lipinski definition) is 1. The van der Waals surface area contributed by atoms with Gasteiger partial charge in [-0.15, -0.1) is 0 Å². The first-order valence-corrected chi connectivity index (χ1v) is 8.01. The molecule has 1 heterocycles. The van der Waals surface area contributed by atoms with Gasteiger partial charge in [-0.2, -0.15) is 0 Å². The summed E-state index contributed by atoms with van der Waals surface area (Å²) in [5.41, 5.74) is 8.79. The van der Waals surface area contributed by atoms with E-state index < -0.39 is 0 Å². The van der Waals surface area contributed by atoms with Crippen LogP contribution < -0.4 is 5.73 Å². The first-order valence-electron chi connectivity index (χ1n) is 7.63. The lowest BCUT2D eigenvalue weighted by Crippen LogP contribution is -2.31. The molecule has 1 aromatic rings. The van der Waals surface area contributed by atoms with Gasteiger partial charge >= 0.3 is 0 Å². The van der Waals surface area contributed by atoms with Gasteiger partial charge in [0.2, 0.25) is 0 Å². The molecule has 0 saturated carbocycles. The Morgan fingerprint density at radius 2 is 2.04 bits per heavy atom. The van der Waals surface area contributed by atoms with Gasteiger partial charge in [-0.25, -0.2) is 0 Å². The van der Waals surface area contributed by atoms with Crippen molar-refractivity contribution in [3.63, 3.8) is 0 Å². The third-order valence-electron chi connectivity index (χ3n) is 3.32. The number of rotatable bonds is 9. The standard InChI is InChI=1S/C18H27ClN4/c1-5-6-17(20)11-15(2)13-22(3)9-10-23(4)14-18-12-16(19)7-8-21-18/h5-8,11-12H,1,9-10,13-14,20H2,2-4H3/b15-11+,17-6+. The molecule has 0 unspecified atom stereocenters. The maximum atomic E-state index is 5.98. The highest BCUT2D eigenvalue weighted by molar-refractivity contribution is 6.30. The third kappa shape index (κ3) is 8.55. The Bertz CT molecular complexity index is 566. The zero-order chi connectivity index (χ0) is 17.2. The van der Waals surface area contributed by atoms with Gasteiger partial charge in [0.15, 0.2) is 0 Å². The number of halogens is 1. The molecule has 4 nitrogen and oxygen atoms in total. The predicted molar refractivity (Wildman–Crippen MR) is 99.3 cm³/mol. The largest absolute Gasteiger partial charge is 0.399 e. The zero-order valence-electron chi connectivity index (χ0n) is 14.3. The van der Waals surface area contributed by atoms with E-state index in [0.29, 0.717) is 0 Å². The van der Waals surface area contributed by atoms with Crippen molar-refractivity contribution in [1.29, 1.82) is 0 Å². The highest BCUT2D eigenvalue weighted by atomic mass is 35.5. The van der Waals surface area contributed by atoms with E-state index in [1.54, 1.807) is 24.4 Å². The second-order valence-corrected chi connectivity index (χ2v) is 6.27. The molecule has 5 heteroatoms. The van der Waals surface area contributed by atoms with E-state index in [4.69, 9.17) is 17.3 Å². The summed E-state index contributed by atoms with van der Waals surface area (Å²) in [6.07, 6.45) is 7.22. The van der Waals surface area contributed by atoms with Crippen molar-refractivity contribution in [1.82, 2.24) is 14.8 Å². The first kappa shape index (κ1) is 19.4. The highest BCUT2D eigenvalue weighted by Crippen LogP contribution is 2.09. The van der Waals surface area contributed by atoms with Crippen LogP contribution in [0, 0.1) is 0 Å². The van der Waals surface area contributed by atoms with Gasteiger partial charge in [-0.05, 0) is 45.3 Å². The molecule has 0 spiro atoms. The molecular formula is C18H27ClN4. The second-order valence-electron chi connectivity index (χ2n) is 5.83. The number of pyridine rings is 1. The summed E-state index contributed by atoms with van der Waals surface area (Å²) in [6, 6.07) is 3.70. The number of nitrogens with zero attached hydrogens (tertiary/aromatic N) is 3. The van der Waals surface area contributed by atoms with Crippen molar-refractivity contribution < 1.29 is 0 Å². The van der Waals surface area contributed by atoms with Crippen molar-refractivity contribution >= 4 is 11.6 Å². The summed E-state index contributed by atoms with van der Waals surface area (Å²) in [5.74, 6) is 0. The van der Waals surface area contributed by atoms with Gasteiger partial charge < -0.3 is 10.6 Å².